The summed E-state index contributed by atoms with van der Waals surface area (Å²) in [6.07, 6.45) is -0.360. The van der Waals surface area contributed by atoms with Crippen LogP contribution in [-0.4, -0.2) is 42.2 Å². The number of hydrogen-bond donors (Lipinski definition) is 1. The Morgan fingerprint density at radius 3 is 2.87 bits per heavy atom. The fourth-order valence-electron chi connectivity index (χ4n) is 1.56. The maximum atomic E-state index is 11.9. The van der Waals surface area contributed by atoms with Crippen molar-refractivity contribution in [1.29, 1.82) is 0 Å². The highest BCUT2D eigenvalue weighted by Crippen LogP contribution is 2.30. The van der Waals surface area contributed by atoms with Gasteiger partial charge in [-0.25, -0.2) is 0 Å². The van der Waals surface area contributed by atoms with E-state index in [9.17, 15) is 4.79 Å². The first-order chi connectivity index (χ1) is 7.11. The van der Waals surface area contributed by atoms with Crippen LogP contribution in [0.3, 0.4) is 0 Å². The second-order valence-electron chi connectivity index (χ2n) is 3.62. The number of β-amino-alcohol motifs (C(OH)–C–C–N with tert-alkyl or cyclic N) is 1. The van der Waals surface area contributed by atoms with Crippen LogP contribution in [0.25, 0.3) is 0 Å². The molecule has 2 heterocycles. The van der Waals surface area contributed by atoms with Crippen LogP contribution >= 0.6 is 11.3 Å². The minimum absolute atomic E-state index is 0.0461. The number of carbonyl (C=O) groups excluding carboxylic acids is 1. The summed E-state index contributed by atoms with van der Waals surface area (Å²) < 4.78 is 5.13. The van der Waals surface area contributed by atoms with Crippen molar-refractivity contribution >= 4 is 17.2 Å². The van der Waals surface area contributed by atoms with Crippen LogP contribution in [0.4, 0.5) is 0 Å². The van der Waals surface area contributed by atoms with E-state index in [-0.39, 0.29) is 12.0 Å². The van der Waals surface area contributed by atoms with Gasteiger partial charge in [-0.15, -0.1) is 11.3 Å². The normalized spacial score (nSPS) is 16.3. The topological polar surface area (TPSA) is 49.8 Å². The molecule has 1 aliphatic heterocycles. The van der Waals surface area contributed by atoms with E-state index in [0.717, 1.165) is 4.88 Å². The number of carbonyl (C=O) groups is 1. The second kappa shape index (κ2) is 3.83. The first-order valence-electron chi connectivity index (χ1n) is 4.73. The molecule has 0 aromatic carbocycles. The molecule has 0 atom stereocenters. The van der Waals surface area contributed by atoms with Gasteiger partial charge in [0.15, 0.2) is 0 Å². The summed E-state index contributed by atoms with van der Waals surface area (Å²) in [5.74, 6) is 0.583. The van der Waals surface area contributed by atoms with Crippen LogP contribution in [0.15, 0.2) is 6.07 Å². The molecule has 0 radical (unpaired) electrons. The number of aryl methyl sites for hydroxylation is 1. The van der Waals surface area contributed by atoms with Crippen LogP contribution in [0.5, 0.6) is 5.75 Å². The van der Waals surface area contributed by atoms with Gasteiger partial charge in [-0.2, -0.15) is 0 Å². The molecule has 1 saturated heterocycles. The Labute approximate surface area is 92.1 Å². The van der Waals surface area contributed by atoms with E-state index >= 15 is 0 Å². The molecule has 0 bridgehead atoms. The van der Waals surface area contributed by atoms with E-state index in [0.29, 0.717) is 23.7 Å². The summed E-state index contributed by atoms with van der Waals surface area (Å²) in [6, 6.07) is 1.86. The molecule has 4 nitrogen and oxygen atoms in total. The zero-order valence-corrected chi connectivity index (χ0v) is 9.50. The van der Waals surface area contributed by atoms with Crippen LogP contribution < -0.4 is 4.74 Å². The Kier molecular flexibility index (Phi) is 2.67. The van der Waals surface area contributed by atoms with Crippen molar-refractivity contribution in [2.24, 2.45) is 0 Å². The minimum atomic E-state index is -0.360. The smallest absolute Gasteiger partial charge is 0.267 e. The standard InChI is InChI=1S/C10H13NO3S/c1-6-3-8(14-2)9(15-6)10(13)11-4-7(12)5-11/h3,7,12H,4-5H2,1-2H3. The Morgan fingerprint density at radius 1 is 1.67 bits per heavy atom. The van der Waals surface area contributed by atoms with Gasteiger partial charge in [-0.05, 0) is 13.0 Å². The summed E-state index contributed by atoms with van der Waals surface area (Å²) >= 11 is 1.43. The predicted molar refractivity (Wildman–Crippen MR) is 57.5 cm³/mol. The monoisotopic (exact) mass is 227 g/mol. The maximum absolute atomic E-state index is 11.9. The van der Waals surface area contributed by atoms with Gasteiger partial charge >= 0.3 is 0 Å². The summed E-state index contributed by atoms with van der Waals surface area (Å²) in [5, 5.41) is 9.12. The van der Waals surface area contributed by atoms with E-state index < -0.39 is 0 Å². The molecular formula is C10H13NO3S. The molecule has 1 aromatic rings. The molecule has 82 valence electrons. The fourth-order valence-corrected chi connectivity index (χ4v) is 2.50. The molecular weight excluding hydrogens is 214 g/mol. The molecule has 0 aliphatic carbocycles. The van der Waals surface area contributed by atoms with Crippen molar-refractivity contribution in [3.05, 3.63) is 15.8 Å². The van der Waals surface area contributed by atoms with Crippen molar-refractivity contribution in [3.63, 3.8) is 0 Å². The zero-order valence-electron chi connectivity index (χ0n) is 8.69. The third kappa shape index (κ3) is 1.85. The van der Waals surface area contributed by atoms with Gasteiger partial charge in [0.05, 0.1) is 13.2 Å². The third-order valence-corrected chi connectivity index (χ3v) is 3.40. The Morgan fingerprint density at radius 2 is 2.33 bits per heavy atom. The largest absolute Gasteiger partial charge is 0.495 e. The van der Waals surface area contributed by atoms with Crippen LogP contribution in [0, 0.1) is 6.92 Å². The number of aliphatic hydroxyl groups is 1. The van der Waals surface area contributed by atoms with Gasteiger partial charge in [0, 0.05) is 18.0 Å². The highest BCUT2D eigenvalue weighted by Gasteiger charge is 2.31. The van der Waals surface area contributed by atoms with E-state index in [2.05, 4.69) is 0 Å². The number of aliphatic hydroxyl groups excluding tert-OH is 1. The molecule has 5 heteroatoms. The van der Waals surface area contributed by atoms with Gasteiger partial charge in [0.25, 0.3) is 5.91 Å². The fraction of sp³-hybridized carbons (Fsp3) is 0.500. The van der Waals surface area contributed by atoms with Gasteiger partial charge in [0.2, 0.25) is 0 Å². The Bertz CT molecular complexity index is 382. The third-order valence-electron chi connectivity index (χ3n) is 2.38. The number of amides is 1. The van der Waals surface area contributed by atoms with Crippen molar-refractivity contribution in [1.82, 2.24) is 4.90 Å². The van der Waals surface area contributed by atoms with Crippen LogP contribution in [-0.2, 0) is 0 Å². The molecule has 1 aromatic heterocycles. The van der Waals surface area contributed by atoms with Gasteiger partial charge in [0.1, 0.15) is 10.6 Å². The quantitative estimate of drug-likeness (QED) is 0.816. The first-order valence-corrected chi connectivity index (χ1v) is 5.55. The van der Waals surface area contributed by atoms with Crippen LogP contribution in [0.1, 0.15) is 14.5 Å². The summed E-state index contributed by atoms with van der Waals surface area (Å²) in [4.78, 5) is 15.2. The molecule has 1 aliphatic rings. The molecule has 2 rings (SSSR count). The second-order valence-corrected chi connectivity index (χ2v) is 4.87. The van der Waals surface area contributed by atoms with Crippen molar-refractivity contribution in [2.75, 3.05) is 20.2 Å². The number of likely N-dealkylation sites (tertiary alicyclic amines) is 1. The van der Waals surface area contributed by atoms with Gasteiger partial charge in [-0.3, -0.25) is 4.79 Å². The summed E-state index contributed by atoms with van der Waals surface area (Å²) in [6.45, 7) is 2.80. The number of thiophene rings is 1. The minimum Gasteiger partial charge on any atom is -0.495 e. The number of methoxy groups -OCH3 is 1. The summed E-state index contributed by atoms with van der Waals surface area (Å²) in [5.41, 5.74) is 0. The average molecular weight is 227 g/mol. The van der Waals surface area contributed by atoms with Crippen molar-refractivity contribution in [2.45, 2.75) is 13.0 Å². The Balaban J connectivity index is 2.17. The number of hydrogen-bond acceptors (Lipinski definition) is 4. The molecule has 0 spiro atoms. The van der Waals surface area contributed by atoms with Gasteiger partial charge in [-0.1, -0.05) is 0 Å². The Hall–Kier alpha value is -1.07. The zero-order chi connectivity index (χ0) is 11.0. The lowest BCUT2D eigenvalue weighted by Crippen LogP contribution is -2.53. The molecule has 1 amide bonds. The highest BCUT2D eigenvalue weighted by molar-refractivity contribution is 7.14. The number of rotatable bonds is 2. The van der Waals surface area contributed by atoms with E-state index in [4.69, 9.17) is 9.84 Å². The average Bonchev–Trinajstić information content (AvgIpc) is 2.53. The summed E-state index contributed by atoms with van der Waals surface area (Å²) in [7, 11) is 1.56. The lowest BCUT2D eigenvalue weighted by atomic mass is 10.1. The lowest BCUT2D eigenvalue weighted by molar-refractivity contribution is 0.00605. The predicted octanol–water partition coefficient (Wildman–Crippen LogP) is 0.882. The maximum Gasteiger partial charge on any atom is 0.267 e. The molecule has 15 heavy (non-hydrogen) atoms. The van der Waals surface area contributed by atoms with Gasteiger partial charge < -0.3 is 14.7 Å². The molecule has 1 N–H and O–H groups in total. The highest BCUT2D eigenvalue weighted by atomic mass is 32.1. The van der Waals surface area contributed by atoms with E-state index in [1.54, 1.807) is 12.0 Å². The lowest BCUT2D eigenvalue weighted by Gasteiger charge is -2.35. The molecule has 1 fully saturated rings. The number of ether oxygens (including phenoxy) is 1. The number of nitrogens with zero attached hydrogens (tertiary/aromatic N) is 1. The SMILES string of the molecule is COc1cc(C)sc1C(=O)N1CC(O)C1. The molecule has 0 saturated carbocycles. The van der Waals surface area contributed by atoms with E-state index in [1.807, 2.05) is 13.0 Å². The van der Waals surface area contributed by atoms with Crippen molar-refractivity contribution < 1.29 is 14.6 Å². The van der Waals surface area contributed by atoms with Crippen molar-refractivity contribution in [3.8, 4) is 5.75 Å². The van der Waals surface area contributed by atoms with Crippen LogP contribution in [0.2, 0.25) is 0 Å². The van der Waals surface area contributed by atoms with E-state index in [1.165, 1.54) is 11.3 Å². The first kappa shape index (κ1) is 10.4. The molecule has 0 unspecified atom stereocenters.